The van der Waals surface area contributed by atoms with Gasteiger partial charge in [0.25, 0.3) is 0 Å². The van der Waals surface area contributed by atoms with Crippen molar-refractivity contribution in [2.75, 3.05) is 6.61 Å². The highest BCUT2D eigenvalue weighted by atomic mass is 16.5. The number of benzene rings is 1. The lowest BCUT2D eigenvalue weighted by molar-refractivity contribution is -0.144. The van der Waals surface area contributed by atoms with Crippen LogP contribution in [0.4, 0.5) is 0 Å². The maximum atomic E-state index is 11.5. The fraction of sp³-hybridized carbons (Fsp3) is 0.385. The summed E-state index contributed by atoms with van der Waals surface area (Å²) >= 11 is 0. The fourth-order valence-corrected chi connectivity index (χ4v) is 1.57. The van der Waals surface area contributed by atoms with Gasteiger partial charge in [0, 0.05) is 0 Å². The second-order valence-corrected chi connectivity index (χ2v) is 3.58. The summed E-state index contributed by atoms with van der Waals surface area (Å²) in [5.74, 6) is -0.731. The molecular formula is C13H16O3. The largest absolute Gasteiger partial charge is 0.466 e. The quantitative estimate of drug-likeness (QED) is 0.715. The molecule has 3 nitrogen and oxygen atoms in total. The Morgan fingerprint density at radius 3 is 2.38 bits per heavy atom. The van der Waals surface area contributed by atoms with Crippen LogP contribution in [0.15, 0.2) is 30.3 Å². The molecule has 0 heterocycles. The number of carbonyl (C=O) groups is 2. The molecule has 0 aliphatic heterocycles. The first-order valence-corrected chi connectivity index (χ1v) is 5.36. The zero-order valence-electron chi connectivity index (χ0n) is 9.60. The summed E-state index contributed by atoms with van der Waals surface area (Å²) in [5, 5.41) is 0. The van der Waals surface area contributed by atoms with Crippen LogP contribution in [0.1, 0.15) is 31.7 Å². The van der Waals surface area contributed by atoms with Crippen LogP contribution in [-0.2, 0) is 14.3 Å². The molecular weight excluding hydrogens is 204 g/mol. The monoisotopic (exact) mass is 220 g/mol. The van der Waals surface area contributed by atoms with E-state index in [-0.39, 0.29) is 24.1 Å². The van der Waals surface area contributed by atoms with Crippen LogP contribution in [0.5, 0.6) is 0 Å². The van der Waals surface area contributed by atoms with Gasteiger partial charge in [-0.15, -0.1) is 0 Å². The molecule has 3 heteroatoms. The minimum Gasteiger partial charge on any atom is -0.466 e. The first-order valence-electron chi connectivity index (χ1n) is 5.36. The van der Waals surface area contributed by atoms with Gasteiger partial charge in [-0.3, -0.25) is 9.59 Å². The Kier molecular flexibility index (Phi) is 4.70. The predicted octanol–water partition coefficient (Wildman–Crippen LogP) is 2.31. The first kappa shape index (κ1) is 12.4. The van der Waals surface area contributed by atoms with Gasteiger partial charge in [-0.05, 0) is 19.4 Å². The van der Waals surface area contributed by atoms with Gasteiger partial charge in [0.05, 0.1) is 18.9 Å². The van der Waals surface area contributed by atoms with E-state index in [4.69, 9.17) is 4.74 Å². The van der Waals surface area contributed by atoms with Crippen LogP contribution in [0.25, 0.3) is 0 Å². The van der Waals surface area contributed by atoms with E-state index < -0.39 is 0 Å². The van der Waals surface area contributed by atoms with Gasteiger partial charge in [0.1, 0.15) is 5.78 Å². The van der Waals surface area contributed by atoms with E-state index in [9.17, 15) is 9.59 Å². The average Bonchev–Trinajstić information content (AvgIpc) is 2.27. The molecule has 1 rings (SSSR count). The lowest BCUT2D eigenvalue weighted by atomic mass is 9.92. The molecule has 0 spiro atoms. The Bertz CT molecular complexity index is 357. The van der Waals surface area contributed by atoms with Crippen LogP contribution < -0.4 is 0 Å². The fourth-order valence-electron chi connectivity index (χ4n) is 1.57. The molecule has 0 radical (unpaired) electrons. The summed E-state index contributed by atoms with van der Waals surface area (Å²) in [5.41, 5.74) is 0.864. The average molecular weight is 220 g/mol. The maximum absolute atomic E-state index is 11.5. The molecule has 0 fully saturated rings. The normalized spacial score (nSPS) is 11.9. The van der Waals surface area contributed by atoms with Crippen molar-refractivity contribution >= 4 is 11.8 Å². The number of carbonyl (C=O) groups excluding carboxylic acids is 2. The van der Waals surface area contributed by atoms with Crippen molar-refractivity contribution in [3.63, 3.8) is 0 Å². The number of hydrogen-bond acceptors (Lipinski definition) is 3. The van der Waals surface area contributed by atoms with Crippen molar-refractivity contribution in [1.82, 2.24) is 0 Å². The van der Waals surface area contributed by atoms with Gasteiger partial charge < -0.3 is 4.74 Å². The first-order chi connectivity index (χ1) is 7.65. The van der Waals surface area contributed by atoms with Crippen molar-refractivity contribution in [2.24, 2.45) is 0 Å². The number of hydrogen-bond donors (Lipinski definition) is 0. The van der Waals surface area contributed by atoms with Gasteiger partial charge in [-0.25, -0.2) is 0 Å². The third-order valence-electron chi connectivity index (χ3n) is 2.37. The van der Waals surface area contributed by atoms with Crippen molar-refractivity contribution in [3.05, 3.63) is 35.9 Å². The van der Waals surface area contributed by atoms with Crippen LogP contribution in [0.3, 0.4) is 0 Å². The second-order valence-electron chi connectivity index (χ2n) is 3.58. The lowest BCUT2D eigenvalue weighted by Crippen LogP contribution is -2.16. The van der Waals surface area contributed by atoms with Crippen molar-refractivity contribution < 1.29 is 14.3 Å². The molecule has 86 valence electrons. The molecule has 0 saturated heterocycles. The van der Waals surface area contributed by atoms with E-state index in [0.717, 1.165) is 5.56 Å². The number of ether oxygens (including phenoxy) is 1. The number of rotatable bonds is 5. The Labute approximate surface area is 95.4 Å². The molecule has 1 aromatic rings. The third kappa shape index (κ3) is 3.50. The smallest absolute Gasteiger partial charge is 0.306 e. The van der Waals surface area contributed by atoms with E-state index in [1.165, 1.54) is 6.92 Å². The number of esters is 1. The molecule has 0 saturated carbocycles. The Morgan fingerprint density at radius 1 is 1.25 bits per heavy atom. The summed E-state index contributed by atoms with van der Waals surface area (Å²) < 4.78 is 4.85. The third-order valence-corrected chi connectivity index (χ3v) is 2.37. The molecule has 0 aliphatic carbocycles. The van der Waals surface area contributed by atoms with E-state index in [2.05, 4.69) is 0 Å². The van der Waals surface area contributed by atoms with Gasteiger partial charge in [0.2, 0.25) is 0 Å². The van der Waals surface area contributed by atoms with E-state index >= 15 is 0 Å². The lowest BCUT2D eigenvalue weighted by Gasteiger charge is -2.13. The molecule has 0 aliphatic rings. The zero-order valence-corrected chi connectivity index (χ0v) is 9.60. The molecule has 1 unspecified atom stereocenters. The standard InChI is InChI=1S/C13H16O3/c1-3-16-13(15)9-12(10(2)14)11-7-5-4-6-8-11/h4-8,12H,3,9H2,1-2H3. The summed E-state index contributed by atoms with van der Waals surface area (Å²) in [6.45, 7) is 3.60. The summed E-state index contributed by atoms with van der Waals surface area (Å²) in [7, 11) is 0. The van der Waals surface area contributed by atoms with E-state index in [1.807, 2.05) is 30.3 Å². The number of ketones is 1. The minimum atomic E-state index is -0.389. The van der Waals surface area contributed by atoms with Gasteiger partial charge in [0.15, 0.2) is 0 Å². The van der Waals surface area contributed by atoms with Gasteiger partial charge >= 0.3 is 5.97 Å². The van der Waals surface area contributed by atoms with Gasteiger partial charge in [-0.1, -0.05) is 30.3 Å². The molecule has 16 heavy (non-hydrogen) atoms. The van der Waals surface area contributed by atoms with Gasteiger partial charge in [-0.2, -0.15) is 0 Å². The highest BCUT2D eigenvalue weighted by molar-refractivity contribution is 5.88. The van der Waals surface area contributed by atoms with E-state index in [1.54, 1.807) is 6.92 Å². The minimum absolute atomic E-state index is 0.0146. The Morgan fingerprint density at radius 2 is 1.88 bits per heavy atom. The topological polar surface area (TPSA) is 43.4 Å². The number of Topliss-reactive ketones (excluding diaryl/α,β-unsaturated/α-hetero) is 1. The SMILES string of the molecule is CCOC(=O)CC(C(C)=O)c1ccccc1. The Balaban J connectivity index is 2.77. The highest BCUT2D eigenvalue weighted by Crippen LogP contribution is 2.20. The summed E-state index contributed by atoms with van der Waals surface area (Å²) in [6, 6.07) is 9.30. The summed E-state index contributed by atoms with van der Waals surface area (Å²) in [4.78, 5) is 22.8. The Hall–Kier alpha value is -1.64. The van der Waals surface area contributed by atoms with Crippen LogP contribution >= 0.6 is 0 Å². The van der Waals surface area contributed by atoms with Crippen LogP contribution in [0.2, 0.25) is 0 Å². The molecule has 1 atom stereocenters. The molecule has 0 bridgehead atoms. The van der Waals surface area contributed by atoms with Crippen molar-refractivity contribution in [3.8, 4) is 0 Å². The second kappa shape index (κ2) is 6.05. The van der Waals surface area contributed by atoms with Crippen LogP contribution in [0, 0.1) is 0 Å². The van der Waals surface area contributed by atoms with Crippen molar-refractivity contribution in [1.29, 1.82) is 0 Å². The zero-order chi connectivity index (χ0) is 12.0. The van der Waals surface area contributed by atoms with E-state index in [0.29, 0.717) is 6.61 Å². The summed E-state index contributed by atoms with van der Waals surface area (Å²) in [6.07, 6.45) is 0.118. The molecule has 0 aromatic heterocycles. The predicted molar refractivity (Wildman–Crippen MR) is 61.1 cm³/mol. The highest BCUT2D eigenvalue weighted by Gasteiger charge is 2.20. The molecule has 0 N–H and O–H groups in total. The molecule has 0 amide bonds. The maximum Gasteiger partial charge on any atom is 0.306 e. The molecule has 1 aromatic carbocycles. The van der Waals surface area contributed by atoms with Crippen molar-refractivity contribution in [2.45, 2.75) is 26.2 Å². The van der Waals surface area contributed by atoms with Crippen LogP contribution in [-0.4, -0.2) is 18.4 Å².